The van der Waals surface area contributed by atoms with Crippen LogP contribution >= 0.6 is 0 Å². The Kier molecular flexibility index (Phi) is 24.4. The van der Waals surface area contributed by atoms with E-state index in [-0.39, 0.29) is 12.5 Å². The molecular formula is C28H56O4S. The van der Waals surface area contributed by atoms with Gasteiger partial charge in [-0.1, -0.05) is 148 Å². The van der Waals surface area contributed by atoms with Crippen LogP contribution in [-0.2, 0) is 14.6 Å². The molecule has 1 N–H and O–H groups in total. The molecule has 0 fully saturated rings. The average molecular weight is 489 g/mol. The van der Waals surface area contributed by atoms with Gasteiger partial charge in [0.15, 0.2) is 0 Å². The highest BCUT2D eigenvalue weighted by atomic mass is 32.3. The standard InChI is InChI=1S/C28H56O4S/c1-3-5-7-9-11-13-14-15-16-18-20-22-24-26-28(27-32-33(29,30)31)25-23-21-19-17-12-10-8-6-4-2/h23,25,28H,3-22,24,26-27H2,1-2H3,(H,29,30,31)/b25-23+. The van der Waals surface area contributed by atoms with Crippen molar-refractivity contribution in [2.75, 3.05) is 6.61 Å². The SMILES string of the molecule is CCCCCCCCC/C=C/C(CCCCCCCCCCCCCCC)COS(=O)(=O)O. The zero-order chi connectivity index (χ0) is 24.5. The van der Waals surface area contributed by atoms with Crippen LogP contribution in [0, 0.1) is 5.92 Å². The lowest BCUT2D eigenvalue weighted by molar-refractivity contribution is 0.234. The molecule has 0 saturated carbocycles. The van der Waals surface area contributed by atoms with Gasteiger partial charge in [0, 0.05) is 5.92 Å². The Labute approximate surface area is 207 Å². The van der Waals surface area contributed by atoms with Crippen LogP contribution in [0.25, 0.3) is 0 Å². The number of unbranched alkanes of at least 4 members (excludes halogenated alkanes) is 19. The van der Waals surface area contributed by atoms with E-state index in [0.29, 0.717) is 0 Å². The van der Waals surface area contributed by atoms with Crippen molar-refractivity contribution in [1.29, 1.82) is 0 Å². The monoisotopic (exact) mass is 488 g/mol. The Balaban J connectivity index is 3.83. The second-order valence-electron chi connectivity index (χ2n) is 9.84. The summed E-state index contributed by atoms with van der Waals surface area (Å²) in [7, 11) is -4.36. The third kappa shape index (κ3) is 27.7. The lowest BCUT2D eigenvalue weighted by Gasteiger charge is -2.12. The zero-order valence-electron chi connectivity index (χ0n) is 22.1. The van der Waals surface area contributed by atoms with Crippen molar-refractivity contribution in [2.45, 2.75) is 155 Å². The highest BCUT2D eigenvalue weighted by Gasteiger charge is 2.11. The molecule has 0 bridgehead atoms. The summed E-state index contributed by atoms with van der Waals surface area (Å²) in [4.78, 5) is 0. The maximum atomic E-state index is 11.0. The van der Waals surface area contributed by atoms with Crippen LogP contribution in [0.1, 0.15) is 155 Å². The van der Waals surface area contributed by atoms with E-state index < -0.39 is 10.4 Å². The van der Waals surface area contributed by atoms with Crippen molar-refractivity contribution in [3.05, 3.63) is 12.2 Å². The van der Waals surface area contributed by atoms with E-state index >= 15 is 0 Å². The van der Waals surface area contributed by atoms with Gasteiger partial charge in [0.1, 0.15) is 0 Å². The molecule has 0 aliphatic heterocycles. The molecule has 33 heavy (non-hydrogen) atoms. The molecule has 0 spiro atoms. The maximum absolute atomic E-state index is 11.0. The fraction of sp³-hybridized carbons (Fsp3) is 0.929. The highest BCUT2D eigenvalue weighted by molar-refractivity contribution is 7.80. The van der Waals surface area contributed by atoms with Crippen molar-refractivity contribution in [3.63, 3.8) is 0 Å². The van der Waals surface area contributed by atoms with Gasteiger partial charge in [0.05, 0.1) is 6.61 Å². The molecule has 0 heterocycles. The fourth-order valence-corrected chi connectivity index (χ4v) is 4.69. The molecule has 5 heteroatoms. The number of hydrogen-bond donors (Lipinski definition) is 1. The van der Waals surface area contributed by atoms with Gasteiger partial charge in [0.2, 0.25) is 0 Å². The second kappa shape index (κ2) is 24.7. The van der Waals surface area contributed by atoms with Crippen LogP contribution in [0.4, 0.5) is 0 Å². The third-order valence-corrected chi connectivity index (χ3v) is 6.93. The molecule has 0 aliphatic rings. The molecule has 4 nitrogen and oxygen atoms in total. The second-order valence-corrected chi connectivity index (χ2v) is 10.9. The predicted molar refractivity (Wildman–Crippen MR) is 143 cm³/mol. The van der Waals surface area contributed by atoms with Gasteiger partial charge in [-0.15, -0.1) is 0 Å². The molecule has 0 rings (SSSR count). The van der Waals surface area contributed by atoms with Crippen LogP contribution in [0.2, 0.25) is 0 Å². The van der Waals surface area contributed by atoms with Crippen molar-refractivity contribution < 1.29 is 17.2 Å². The Bertz CT molecular complexity index is 516. The van der Waals surface area contributed by atoms with Crippen molar-refractivity contribution in [2.24, 2.45) is 5.92 Å². The predicted octanol–water partition coefficient (Wildman–Crippen LogP) is 9.60. The van der Waals surface area contributed by atoms with Crippen molar-refractivity contribution >= 4 is 10.4 Å². The van der Waals surface area contributed by atoms with Gasteiger partial charge < -0.3 is 0 Å². The summed E-state index contributed by atoms with van der Waals surface area (Å²) >= 11 is 0. The van der Waals surface area contributed by atoms with Crippen LogP contribution in [0.15, 0.2) is 12.2 Å². The molecule has 0 saturated heterocycles. The van der Waals surface area contributed by atoms with Crippen LogP contribution in [0.3, 0.4) is 0 Å². The molecule has 0 amide bonds. The van der Waals surface area contributed by atoms with Gasteiger partial charge in [-0.25, -0.2) is 4.18 Å². The summed E-state index contributed by atoms with van der Waals surface area (Å²) in [6.45, 7) is 4.55. The Hall–Kier alpha value is -0.390. The summed E-state index contributed by atoms with van der Waals surface area (Å²) < 4.78 is 35.5. The van der Waals surface area contributed by atoms with Crippen LogP contribution in [0.5, 0.6) is 0 Å². The first-order valence-electron chi connectivity index (χ1n) is 14.3. The van der Waals surface area contributed by atoms with Gasteiger partial charge in [-0.3, -0.25) is 4.55 Å². The lowest BCUT2D eigenvalue weighted by Crippen LogP contribution is -2.12. The molecule has 0 aromatic rings. The number of allylic oxidation sites excluding steroid dienone is 1. The topological polar surface area (TPSA) is 63.6 Å². The summed E-state index contributed by atoms with van der Waals surface area (Å²) in [6.07, 6.45) is 32.5. The average Bonchev–Trinajstić information content (AvgIpc) is 2.78. The third-order valence-electron chi connectivity index (χ3n) is 6.49. The Morgan fingerprint density at radius 3 is 1.45 bits per heavy atom. The summed E-state index contributed by atoms with van der Waals surface area (Å²) in [5.41, 5.74) is 0. The Morgan fingerprint density at radius 1 is 0.636 bits per heavy atom. The summed E-state index contributed by atoms with van der Waals surface area (Å²) in [5, 5.41) is 0. The summed E-state index contributed by atoms with van der Waals surface area (Å²) in [6, 6.07) is 0. The van der Waals surface area contributed by atoms with Gasteiger partial charge in [-0.05, 0) is 19.3 Å². The van der Waals surface area contributed by atoms with Crippen molar-refractivity contribution in [3.8, 4) is 0 Å². The number of hydrogen-bond acceptors (Lipinski definition) is 3. The minimum Gasteiger partial charge on any atom is -0.264 e. The van der Waals surface area contributed by atoms with E-state index in [1.54, 1.807) is 0 Å². The fourth-order valence-electron chi connectivity index (χ4n) is 4.34. The van der Waals surface area contributed by atoms with Gasteiger partial charge in [0.25, 0.3) is 0 Å². The van der Waals surface area contributed by atoms with E-state index in [2.05, 4.69) is 30.2 Å². The first-order chi connectivity index (χ1) is 16.0. The van der Waals surface area contributed by atoms with Crippen LogP contribution in [-0.4, -0.2) is 19.6 Å². The smallest absolute Gasteiger partial charge is 0.264 e. The molecular weight excluding hydrogens is 432 g/mol. The van der Waals surface area contributed by atoms with E-state index in [4.69, 9.17) is 4.55 Å². The maximum Gasteiger partial charge on any atom is 0.397 e. The lowest BCUT2D eigenvalue weighted by atomic mass is 9.99. The first kappa shape index (κ1) is 32.6. The van der Waals surface area contributed by atoms with E-state index in [0.717, 1.165) is 19.3 Å². The Morgan fingerprint density at radius 2 is 1.03 bits per heavy atom. The summed E-state index contributed by atoms with van der Waals surface area (Å²) in [5.74, 6) is 0.0594. The number of rotatable bonds is 26. The minimum atomic E-state index is -4.36. The molecule has 0 aliphatic carbocycles. The molecule has 1 unspecified atom stereocenters. The van der Waals surface area contributed by atoms with E-state index in [1.807, 2.05) is 0 Å². The zero-order valence-corrected chi connectivity index (χ0v) is 22.9. The van der Waals surface area contributed by atoms with Crippen molar-refractivity contribution in [1.82, 2.24) is 0 Å². The molecule has 198 valence electrons. The quantitative estimate of drug-likeness (QED) is 0.0747. The van der Waals surface area contributed by atoms with Crippen LogP contribution < -0.4 is 0 Å². The normalized spacial score (nSPS) is 13.2. The molecule has 0 aromatic carbocycles. The molecule has 0 radical (unpaired) electrons. The largest absolute Gasteiger partial charge is 0.397 e. The molecule has 0 aromatic heterocycles. The first-order valence-corrected chi connectivity index (χ1v) is 15.6. The van der Waals surface area contributed by atoms with E-state index in [9.17, 15) is 8.42 Å². The van der Waals surface area contributed by atoms with E-state index in [1.165, 1.54) is 122 Å². The highest BCUT2D eigenvalue weighted by Crippen LogP contribution is 2.17. The minimum absolute atomic E-state index is 0.0462. The van der Waals surface area contributed by atoms with Gasteiger partial charge >= 0.3 is 10.4 Å². The van der Waals surface area contributed by atoms with Gasteiger partial charge in [-0.2, -0.15) is 8.42 Å². The molecule has 1 atom stereocenters.